The number of hydrogen-bond acceptors (Lipinski definition) is 3. The van der Waals surface area contributed by atoms with Crippen molar-refractivity contribution < 1.29 is 4.79 Å². The minimum atomic E-state index is 0.00942. The van der Waals surface area contributed by atoms with Crippen molar-refractivity contribution in [2.45, 2.75) is 52.5 Å². The maximum absolute atomic E-state index is 12.7. The summed E-state index contributed by atoms with van der Waals surface area (Å²) in [5.41, 5.74) is 0.160. The number of nitriles is 1. The minimum absolute atomic E-state index is 0.00942. The van der Waals surface area contributed by atoms with Gasteiger partial charge in [0.2, 0.25) is 5.91 Å². The summed E-state index contributed by atoms with van der Waals surface area (Å²) in [6, 6.07) is 2.37. The van der Waals surface area contributed by atoms with Gasteiger partial charge in [0.25, 0.3) is 0 Å². The van der Waals surface area contributed by atoms with Gasteiger partial charge in [-0.3, -0.25) is 9.69 Å². The SMILES string of the molecule is CCC(C#N)N1CCN(C(=O)C2CCCC2(C)C)CC1. The molecule has 0 N–H and O–H groups in total. The number of amides is 1. The Kier molecular flexibility index (Phi) is 4.70. The van der Waals surface area contributed by atoms with E-state index in [1.54, 1.807) is 0 Å². The van der Waals surface area contributed by atoms with Crippen LogP contribution in [0.1, 0.15) is 46.5 Å². The lowest BCUT2D eigenvalue weighted by molar-refractivity contribution is -0.140. The van der Waals surface area contributed by atoms with Crippen molar-refractivity contribution in [2.24, 2.45) is 11.3 Å². The first-order valence-corrected chi connectivity index (χ1v) is 7.92. The Labute approximate surface area is 122 Å². The van der Waals surface area contributed by atoms with Crippen LogP contribution in [0, 0.1) is 22.7 Å². The maximum atomic E-state index is 12.7. The first-order valence-electron chi connectivity index (χ1n) is 7.92. The fourth-order valence-electron chi connectivity index (χ4n) is 3.69. The molecule has 0 aromatic rings. The molecule has 1 saturated carbocycles. The molecule has 0 aromatic carbocycles. The molecular weight excluding hydrogens is 250 g/mol. The fraction of sp³-hybridized carbons (Fsp3) is 0.875. The normalized spacial score (nSPS) is 28.1. The summed E-state index contributed by atoms with van der Waals surface area (Å²) in [5, 5.41) is 9.12. The lowest BCUT2D eigenvalue weighted by atomic mass is 9.81. The molecule has 4 nitrogen and oxygen atoms in total. The van der Waals surface area contributed by atoms with Crippen LogP contribution in [0.4, 0.5) is 0 Å². The van der Waals surface area contributed by atoms with Crippen molar-refractivity contribution in [1.29, 1.82) is 5.26 Å². The second-order valence-corrected chi connectivity index (χ2v) is 6.85. The zero-order valence-corrected chi connectivity index (χ0v) is 13.1. The molecule has 2 atom stereocenters. The molecule has 1 amide bonds. The zero-order valence-electron chi connectivity index (χ0n) is 13.1. The van der Waals surface area contributed by atoms with Gasteiger partial charge in [0.15, 0.2) is 0 Å². The molecule has 2 unspecified atom stereocenters. The van der Waals surface area contributed by atoms with E-state index in [2.05, 4.69) is 24.8 Å². The molecule has 1 heterocycles. The molecule has 0 radical (unpaired) electrons. The van der Waals surface area contributed by atoms with Crippen LogP contribution in [0.15, 0.2) is 0 Å². The van der Waals surface area contributed by atoms with E-state index in [1.165, 1.54) is 6.42 Å². The van der Waals surface area contributed by atoms with Gasteiger partial charge in [-0.05, 0) is 24.7 Å². The fourth-order valence-corrected chi connectivity index (χ4v) is 3.69. The van der Waals surface area contributed by atoms with Crippen LogP contribution < -0.4 is 0 Å². The molecule has 0 bridgehead atoms. The predicted octanol–water partition coefficient (Wildman–Crippen LogP) is 2.26. The number of carbonyl (C=O) groups is 1. The van der Waals surface area contributed by atoms with Gasteiger partial charge in [0.1, 0.15) is 0 Å². The van der Waals surface area contributed by atoms with Crippen molar-refractivity contribution >= 4 is 5.91 Å². The zero-order chi connectivity index (χ0) is 14.8. The molecule has 1 aliphatic carbocycles. The van der Waals surface area contributed by atoms with E-state index in [-0.39, 0.29) is 17.4 Å². The summed E-state index contributed by atoms with van der Waals surface area (Å²) in [6.45, 7) is 9.73. The van der Waals surface area contributed by atoms with E-state index in [0.29, 0.717) is 5.91 Å². The van der Waals surface area contributed by atoms with Crippen LogP contribution in [0.3, 0.4) is 0 Å². The summed E-state index contributed by atoms with van der Waals surface area (Å²) >= 11 is 0. The van der Waals surface area contributed by atoms with E-state index in [9.17, 15) is 4.79 Å². The van der Waals surface area contributed by atoms with Crippen molar-refractivity contribution in [1.82, 2.24) is 9.80 Å². The Morgan fingerprint density at radius 1 is 1.35 bits per heavy atom. The van der Waals surface area contributed by atoms with Gasteiger partial charge in [-0.2, -0.15) is 5.26 Å². The molecule has 0 aromatic heterocycles. The smallest absolute Gasteiger partial charge is 0.226 e. The first kappa shape index (κ1) is 15.3. The summed E-state index contributed by atoms with van der Waals surface area (Å²) in [4.78, 5) is 16.9. The standard InChI is InChI=1S/C16H27N3O/c1-4-13(12-17)18-8-10-19(11-9-18)15(20)14-6-5-7-16(14,2)3/h13-14H,4-11H2,1-3H3. The Hall–Kier alpha value is -1.08. The Morgan fingerprint density at radius 2 is 2.00 bits per heavy atom. The van der Waals surface area contributed by atoms with Crippen LogP contribution in [-0.2, 0) is 4.79 Å². The quantitative estimate of drug-likeness (QED) is 0.795. The van der Waals surface area contributed by atoms with Gasteiger partial charge in [-0.15, -0.1) is 0 Å². The molecule has 2 fully saturated rings. The summed E-state index contributed by atoms with van der Waals surface area (Å²) in [7, 11) is 0. The Balaban J connectivity index is 1.91. The topological polar surface area (TPSA) is 47.3 Å². The van der Waals surface area contributed by atoms with E-state index in [0.717, 1.165) is 45.4 Å². The number of piperazine rings is 1. The van der Waals surface area contributed by atoms with Crippen LogP contribution in [0.5, 0.6) is 0 Å². The number of nitrogens with zero attached hydrogens (tertiary/aromatic N) is 3. The average Bonchev–Trinajstić information content (AvgIpc) is 2.80. The molecule has 1 saturated heterocycles. The highest BCUT2D eigenvalue weighted by atomic mass is 16.2. The molecule has 2 rings (SSSR count). The average molecular weight is 277 g/mol. The minimum Gasteiger partial charge on any atom is -0.340 e. The third kappa shape index (κ3) is 2.98. The largest absolute Gasteiger partial charge is 0.340 e. The highest BCUT2D eigenvalue weighted by Gasteiger charge is 2.41. The molecule has 112 valence electrons. The molecular formula is C16H27N3O. The molecule has 1 aliphatic heterocycles. The van der Waals surface area contributed by atoms with Crippen LogP contribution in [0.2, 0.25) is 0 Å². The Bertz CT molecular complexity index is 391. The second kappa shape index (κ2) is 6.13. The van der Waals surface area contributed by atoms with Gasteiger partial charge in [-0.25, -0.2) is 0 Å². The van der Waals surface area contributed by atoms with E-state index >= 15 is 0 Å². The van der Waals surface area contributed by atoms with Crippen LogP contribution >= 0.6 is 0 Å². The summed E-state index contributed by atoms with van der Waals surface area (Å²) < 4.78 is 0. The van der Waals surface area contributed by atoms with Gasteiger partial charge in [0, 0.05) is 32.1 Å². The van der Waals surface area contributed by atoms with Crippen molar-refractivity contribution in [2.75, 3.05) is 26.2 Å². The third-order valence-corrected chi connectivity index (χ3v) is 5.16. The first-order chi connectivity index (χ1) is 9.49. The third-order valence-electron chi connectivity index (χ3n) is 5.16. The number of rotatable bonds is 3. The van der Waals surface area contributed by atoms with Gasteiger partial charge in [-0.1, -0.05) is 27.2 Å². The van der Waals surface area contributed by atoms with Gasteiger partial charge >= 0.3 is 0 Å². The van der Waals surface area contributed by atoms with Crippen LogP contribution in [0.25, 0.3) is 0 Å². The lowest BCUT2D eigenvalue weighted by Gasteiger charge is -2.39. The second-order valence-electron chi connectivity index (χ2n) is 6.85. The van der Waals surface area contributed by atoms with Crippen LogP contribution in [-0.4, -0.2) is 47.9 Å². The highest BCUT2D eigenvalue weighted by molar-refractivity contribution is 5.80. The lowest BCUT2D eigenvalue weighted by Crippen LogP contribution is -2.53. The predicted molar refractivity (Wildman–Crippen MR) is 79.0 cm³/mol. The van der Waals surface area contributed by atoms with Crippen molar-refractivity contribution in [3.05, 3.63) is 0 Å². The van der Waals surface area contributed by atoms with E-state index < -0.39 is 0 Å². The molecule has 20 heavy (non-hydrogen) atoms. The van der Waals surface area contributed by atoms with Gasteiger partial charge in [0.05, 0.1) is 12.1 Å². The van der Waals surface area contributed by atoms with E-state index in [1.807, 2.05) is 11.8 Å². The van der Waals surface area contributed by atoms with Crippen molar-refractivity contribution in [3.8, 4) is 6.07 Å². The summed E-state index contributed by atoms with van der Waals surface area (Å²) in [5.74, 6) is 0.546. The summed E-state index contributed by atoms with van der Waals surface area (Å²) in [6.07, 6.45) is 4.24. The molecule has 4 heteroatoms. The monoisotopic (exact) mass is 277 g/mol. The molecule has 0 spiro atoms. The number of carbonyl (C=O) groups excluding carboxylic acids is 1. The van der Waals surface area contributed by atoms with Crippen molar-refractivity contribution in [3.63, 3.8) is 0 Å². The number of hydrogen-bond donors (Lipinski definition) is 0. The Morgan fingerprint density at radius 3 is 2.45 bits per heavy atom. The molecule has 2 aliphatic rings. The maximum Gasteiger partial charge on any atom is 0.226 e. The van der Waals surface area contributed by atoms with E-state index in [4.69, 9.17) is 5.26 Å². The van der Waals surface area contributed by atoms with Gasteiger partial charge < -0.3 is 4.90 Å². The highest BCUT2D eigenvalue weighted by Crippen LogP contribution is 2.43.